The van der Waals surface area contributed by atoms with E-state index in [9.17, 15) is 44.0 Å². The first-order chi connectivity index (χ1) is 18.5. The van der Waals surface area contributed by atoms with Crippen LogP contribution in [0.15, 0.2) is 67.4 Å². The summed E-state index contributed by atoms with van der Waals surface area (Å²) >= 11 is 11.5. The van der Waals surface area contributed by atoms with Crippen molar-refractivity contribution in [1.29, 1.82) is 0 Å². The molecule has 0 aliphatic carbocycles. The number of hydrogen-bond acceptors (Lipinski definition) is 13. The van der Waals surface area contributed by atoms with Gasteiger partial charge in [-0.15, -0.1) is 10.2 Å². The number of azo groups is 1. The standard InChI is InChI=1S/C19H12Cl2N6O10S3/c20-17-23-18(21)25-19(24-17)22-10-5-6-11(38(29,30)31)8-7-13(40(35,36)37)15(16(28)14(8)10)27-26-9-3-1-2-4-12(9)39(32,33)34/h1-7,28H,(H,29,30,31)(H,32,33,34)(H,35,36,37)(H,22,23,24,25). The molecule has 21 heteroatoms. The summed E-state index contributed by atoms with van der Waals surface area (Å²) in [6, 6.07) is 7.01. The Balaban J connectivity index is 2.08. The Bertz CT molecular complexity index is 2040. The molecule has 4 aromatic rings. The normalized spacial score (nSPS) is 12.7. The second kappa shape index (κ2) is 10.4. The maximum Gasteiger partial charge on any atom is 0.296 e. The van der Waals surface area contributed by atoms with E-state index in [0.717, 1.165) is 24.3 Å². The Labute approximate surface area is 234 Å². The summed E-state index contributed by atoms with van der Waals surface area (Å²) in [6.07, 6.45) is 0. The molecular formula is C19H12Cl2N6O10S3. The minimum Gasteiger partial charge on any atom is -0.505 e. The number of phenols is 1. The van der Waals surface area contributed by atoms with Gasteiger partial charge in [-0.2, -0.15) is 40.2 Å². The van der Waals surface area contributed by atoms with Crippen LogP contribution in [0.2, 0.25) is 10.6 Å². The van der Waals surface area contributed by atoms with Crippen molar-refractivity contribution in [3.05, 3.63) is 53.0 Å². The lowest BCUT2D eigenvalue weighted by Gasteiger charge is -2.15. The van der Waals surface area contributed by atoms with Gasteiger partial charge in [0.1, 0.15) is 26.1 Å². The number of halogens is 2. The largest absolute Gasteiger partial charge is 0.505 e. The molecule has 0 spiro atoms. The first-order valence-electron chi connectivity index (χ1n) is 10.1. The summed E-state index contributed by atoms with van der Waals surface area (Å²) in [4.78, 5) is 8.29. The number of nitrogens with zero attached hydrogens (tertiary/aromatic N) is 5. The first kappa shape index (κ1) is 29.4. The minimum absolute atomic E-state index is 0.213. The molecule has 0 saturated heterocycles. The Morgan fingerprint density at radius 1 is 0.725 bits per heavy atom. The third-order valence-corrected chi connectivity index (χ3v) is 7.98. The summed E-state index contributed by atoms with van der Waals surface area (Å²) < 4.78 is 101. The molecule has 0 atom stereocenters. The van der Waals surface area contributed by atoms with Crippen molar-refractivity contribution in [2.24, 2.45) is 10.2 Å². The molecule has 40 heavy (non-hydrogen) atoms. The van der Waals surface area contributed by atoms with Crippen molar-refractivity contribution < 1.29 is 44.0 Å². The molecule has 4 rings (SSSR count). The Hall–Kier alpha value is -3.56. The molecule has 0 bridgehead atoms. The van der Waals surface area contributed by atoms with Crippen molar-refractivity contribution in [3.8, 4) is 5.75 Å². The van der Waals surface area contributed by atoms with E-state index in [4.69, 9.17) is 23.2 Å². The second-order valence-electron chi connectivity index (χ2n) is 7.52. The number of aromatic nitrogens is 3. The maximum absolute atomic E-state index is 12.2. The molecule has 0 fully saturated rings. The van der Waals surface area contributed by atoms with Gasteiger partial charge >= 0.3 is 0 Å². The zero-order valence-corrected chi connectivity index (χ0v) is 23.0. The highest BCUT2D eigenvalue weighted by molar-refractivity contribution is 7.86. The van der Waals surface area contributed by atoms with Crippen LogP contribution in [0.5, 0.6) is 5.75 Å². The lowest BCUT2D eigenvalue weighted by Crippen LogP contribution is -2.05. The predicted octanol–water partition coefficient (Wildman–Crippen LogP) is 3.94. The number of anilines is 2. The monoisotopic (exact) mass is 650 g/mol. The molecule has 1 heterocycles. The number of benzene rings is 3. The van der Waals surface area contributed by atoms with Crippen LogP contribution in [-0.4, -0.2) is 59.0 Å². The van der Waals surface area contributed by atoms with E-state index in [1.54, 1.807) is 0 Å². The zero-order chi connectivity index (χ0) is 29.6. The summed E-state index contributed by atoms with van der Waals surface area (Å²) in [5, 5.41) is 19.0. The van der Waals surface area contributed by atoms with Crippen molar-refractivity contribution in [3.63, 3.8) is 0 Å². The van der Waals surface area contributed by atoms with Crippen LogP contribution in [0.25, 0.3) is 10.8 Å². The van der Waals surface area contributed by atoms with Crippen molar-refractivity contribution in [2.45, 2.75) is 14.7 Å². The lowest BCUT2D eigenvalue weighted by atomic mass is 10.1. The summed E-state index contributed by atoms with van der Waals surface area (Å²) in [5.41, 5.74) is -1.69. The van der Waals surface area contributed by atoms with Gasteiger partial charge in [-0.1, -0.05) is 12.1 Å². The average molecular weight is 651 g/mol. The van der Waals surface area contributed by atoms with Crippen LogP contribution >= 0.6 is 23.2 Å². The average Bonchev–Trinajstić information content (AvgIpc) is 2.81. The SMILES string of the molecule is O=S(=O)(O)c1ccccc1N=Nc1c(S(=O)(=O)O)cc2c(S(=O)(=O)O)ccc(Nc3nc(Cl)nc(Cl)n3)c2c1O. The van der Waals surface area contributed by atoms with Gasteiger partial charge in [0.15, 0.2) is 5.75 Å². The fourth-order valence-electron chi connectivity index (χ4n) is 3.42. The molecule has 210 valence electrons. The molecule has 0 aliphatic heterocycles. The van der Waals surface area contributed by atoms with Gasteiger partial charge in [0.05, 0.1) is 11.1 Å². The van der Waals surface area contributed by atoms with Crippen LogP contribution in [0, 0.1) is 0 Å². The maximum atomic E-state index is 12.2. The summed E-state index contributed by atoms with van der Waals surface area (Å²) in [5.74, 6) is -1.42. The van der Waals surface area contributed by atoms with Crippen molar-refractivity contribution >= 4 is 87.3 Å². The van der Waals surface area contributed by atoms with Crippen LogP contribution in [0.4, 0.5) is 23.0 Å². The molecule has 16 nitrogen and oxygen atoms in total. The third-order valence-electron chi connectivity index (χ3n) is 4.96. The molecular weight excluding hydrogens is 639 g/mol. The highest BCUT2D eigenvalue weighted by Crippen LogP contribution is 2.46. The van der Waals surface area contributed by atoms with Gasteiger partial charge in [0.25, 0.3) is 30.4 Å². The highest BCUT2D eigenvalue weighted by atomic mass is 35.5. The summed E-state index contributed by atoms with van der Waals surface area (Å²) in [6.45, 7) is 0. The topological polar surface area (TPSA) is 259 Å². The zero-order valence-electron chi connectivity index (χ0n) is 19.0. The Morgan fingerprint density at radius 2 is 1.30 bits per heavy atom. The molecule has 3 aromatic carbocycles. The molecule has 0 amide bonds. The fourth-order valence-corrected chi connectivity index (χ4v) is 5.73. The molecule has 1 aromatic heterocycles. The van der Waals surface area contributed by atoms with E-state index >= 15 is 0 Å². The van der Waals surface area contributed by atoms with Crippen LogP contribution < -0.4 is 5.32 Å². The van der Waals surface area contributed by atoms with E-state index < -0.39 is 72.9 Å². The van der Waals surface area contributed by atoms with Crippen LogP contribution in [0.1, 0.15) is 0 Å². The molecule has 0 aliphatic rings. The highest BCUT2D eigenvalue weighted by Gasteiger charge is 2.28. The Morgan fingerprint density at radius 3 is 1.88 bits per heavy atom. The van der Waals surface area contributed by atoms with Crippen molar-refractivity contribution in [2.75, 3.05) is 5.32 Å². The first-order valence-corrected chi connectivity index (χ1v) is 15.1. The van der Waals surface area contributed by atoms with E-state index in [-0.39, 0.29) is 22.2 Å². The molecule has 5 N–H and O–H groups in total. The minimum atomic E-state index is -5.28. The predicted molar refractivity (Wildman–Crippen MR) is 139 cm³/mol. The van der Waals surface area contributed by atoms with Crippen LogP contribution in [0.3, 0.4) is 0 Å². The smallest absolute Gasteiger partial charge is 0.296 e. The number of fused-ring (bicyclic) bond motifs is 1. The van der Waals surface area contributed by atoms with Gasteiger partial charge in [0.2, 0.25) is 16.5 Å². The third kappa shape index (κ3) is 6.10. The van der Waals surface area contributed by atoms with E-state index in [2.05, 4.69) is 30.5 Å². The quantitative estimate of drug-likeness (QED) is 0.140. The van der Waals surface area contributed by atoms with Gasteiger partial charge in [-0.3, -0.25) is 13.7 Å². The van der Waals surface area contributed by atoms with Crippen LogP contribution in [-0.2, 0) is 30.4 Å². The van der Waals surface area contributed by atoms with Gasteiger partial charge in [0, 0.05) is 5.39 Å². The van der Waals surface area contributed by atoms with E-state index in [0.29, 0.717) is 6.07 Å². The summed E-state index contributed by atoms with van der Waals surface area (Å²) in [7, 11) is -15.2. The van der Waals surface area contributed by atoms with E-state index in [1.165, 1.54) is 12.1 Å². The Kier molecular flexibility index (Phi) is 7.68. The molecule has 0 radical (unpaired) electrons. The lowest BCUT2D eigenvalue weighted by molar-refractivity contribution is 0.471. The number of rotatable bonds is 7. The number of aromatic hydroxyl groups is 1. The van der Waals surface area contributed by atoms with Gasteiger partial charge in [-0.25, -0.2) is 0 Å². The van der Waals surface area contributed by atoms with Crippen molar-refractivity contribution in [1.82, 2.24) is 15.0 Å². The fraction of sp³-hybridized carbons (Fsp3) is 0. The second-order valence-corrected chi connectivity index (χ2v) is 12.4. The van der Waals surface area contributed by atoms with Gasteiger partial charge in [-0.05, 0) is 53.5 Å². The molecule has 0 unspecified atom stereocenters. The van der Waals surface area contributed by atoms with Gasteiger partial charge < -0.3 is 10.4 Å². The number of hydrogen-bond donors (Lipinski definition) is 5. The number of phenolic OH excluding ortho intramolecular Hbond substituents is 1. The van der Waals surface area contributed by atoms with E-state index in [1.807, 2.05) is 0 Å². The molecule has 0 saturated carbocycles. The number of nitrogens with one attached hydrogen (secondary N) is 1.